The second-order valence-electron chi connectivity index (χ2n) is 12.1. The summed E-state index contributed by atoms with van der Waals surface area (Å²) < 4.78 is 11.4. The van der Waals surface area contributed by atoms with Crippen LogP contribution < -0.4 is 20.9 Å². The van der Waals surface area contributed by atoms with Gasteiger partial charge in [-0.25, -0.2) is 0 Å². The Morgan fingerprint density at radius 1 is 0.640 bits per heavy atom. The van der Waals surface area contributed by atoms with Crippen molar-refractivity contribution in [1.29, 1.82) is 0 Å². The summed E-state index contributed by atoms with van der Waals surface area (Å²) in [6, 6.07) is 39.0. The van der Waals surface area contributed by atoms with Gasteiger partial charge in [-0.1, -0.05) is 103 Å². The van der Waals surface area contributed by atoms with Crippen LogP contribution in [0, 0.1) is 0 Å². The molecule has 0 unspecified atom stereocenters. The van der Waals surface area contributed by atoms with Gasteiger partial charge in [-0.05, 0) is 47.2 Å². The Bertz CT molecular complexity index is 1720. The third-order valence-electron chi connectivity index (χ3n) is 8.63. The van der Waals surface area contributed by atoms with Crippen molar-refractivity contribution in [3.63, 3.8) is 0 Å². The molecular formula is C40H45N7O3. The highest BCUT2D eigenvalue weighted by atomic mass is 16.5. The van der Waals surface area contributed by atoms with E-state index >= 15 is 0 Å². The smallest absolute Gasteiger partial charge is 0.251 e. The fraction of sp³-hybridized carbons (Fsp3) is 0.300. The topological polar surface area (TPSA) is 114 Å². The molecule has 1 aliphatic heterocycles. The monoisotopic (exact) mass is 671 g/mol. The molecule has 10 heteroatoms. The van der Waals surface area contributed by atoms with Crippen LogP contribution in [0.15, 0.2) is 115 Å². The molecule has 0 atom stereocenters. The van der Waals surface area contributed by atoms with Crippen molar-refractivity contribution in [3.8, 4) is 0 Å². The number of nitrogens with zero attached hydrogens (tertiary/aromatic N) is 4. The molecule has 50 heavy (non-hydrogen) atoms. The van der Waals surface area contributed by atoms with Crippen LogP contribution in [-0.2, 0) is 22.4 Å². The van der Waals surface area contributed by atoms with E-state index in [1.165, 1.54) is 22.3 Å². The van der Waals surface area contributed by atoms with Crippen LogP contribution in [0.25, 0.3) is 0 Å². The zero-order chi connectivity index (χ0) is 34.2. The standard InChI is InChI=1S/C40H45N7O3/c48-37(34-17-8-3-9-18-34)41-23-26-49-28-29-50-27-24-43-39-44-38(45-40(46-39)47-25-21-31-12-10-11-19-35(31)30-47)42-22-20-36(32-13-4-1-5-14-32)33-15-6-2-7-16-33/h1-19,36H,20-30H2,(H,41,48)(H2,42,43,44,45,46). The average Bonchev–Trinajstić information content (AvgIpc) is 3.18. The maximum absolute atomic E-state index is 12.1. The van der Waals surface area contributed by atoms with Crippen molar-refractivity contribution in [2.45, 2.75) is 25.3 Å². The minimum absolute atomic E-state index is 0.106. The fourth-order valence-corrected chi connectivity index (χ4v) is 6.04. The fourth-order valence-electron chi connectivity index (χ4n) is 6.04. The van der Waals surface area contributed by atoms with Crippen molar-refractivity contribution in [1.82, 2.24) is 20.3 Å². The maximum atomic E-state index is 12.1. The second-order valence-corrected chi connectivity index (χ2v) is 12.1. The number of hydrogen-bond acceptors (Lipinski definition) is 9. The van der Waals surface area contributed by atoms with Crippen molar-refractivity contribution < 1.29 is 14.3 Å². The van der Waals surface area contributed by atoms with Crippen molar-refractivity contribution in [2.24, 2.45) is 0 Å². The van der Waals surface area contributed by atoms with Crippen LogP contribution in [0.3, 0.4) is 0 Å². The van der Waals surface area contributed by atoms with E-state index in [0.717, 1.165) is 25.9 Å². The largest absolute Gasteiger partial charge is 0.377 e. The maximum Gasteiger partial charge on any atom is 0.251 e. The Balaban J connectivity index is 1.01. The van der Waals surface area contributed by atoms with Gasteiger partial charge in [0, 0.05) is 44.2 Å². The van der Waals surface area contributed by atoms with E-state index in [2.05, 4.69) is 106 Å². The molecule has 2 heterocycles. The van der Waals surface area contributed by atoms with Crippen LogP contribution in [-0.4, -0.2) is 73.5 Å². The van der Waals surface area contributed by atoms with Crippen LogP contribution in [0.1, 0.15) is 45.0 Å². The number of amides is 1. The summed E-state index contributed by atoms with van der Waals surface area (Å²) in [6.07, 6.45) is 1.82. The normalized spacial score (nSPS) is 12.4. The van der Waals surface area contributed by atoms with Gasteiger partial charge in [0.1, 0.15) is 0 Å². The van der Waals surface area contributed by atoms with Gasteiger partial charge in [-0.2, -0.15) is 15.0 Å². The molecule has 3 N–H and O–H groups in total. The lowest BCUT2D eigenvalue weighted by Gasteiger charge is -2.29. The summed E-state index contributed by atoms with van der Waals surface area (Å²) in [5.74, 6) is 1.84. The number of carbonyl (C=O) groups is 1. The number of fused-ring (bicyclic) bond motifs is 1. The number of rotatable bonds is 18. The minimum Gasteiger partial charge on any atom is -0.377 e. The van der Waals surface area contributed by atoms with Crippen LogP contribution in [0.2, 0.25) is 0 Å². The average molecular weight is 672 g/mol. The molecule has 5 aromatic rings. The molecule has 0 bridgehead atoms. The van der Waals surface area contributed by atoms with Gasteiger partial charge in [-0.15, -0.1) is 0 Å². The molecule has 1 aromatic heterocycles. The first-order chi connectivity index (χ1) is 24.7. The Hall–Kier alpha value is -5.32. The van der Waals surface area contributed by atoms with Gasteiger partial charge < -0.3 is 30.3 Å². The van der Waals surface area contributed by atoms with Crippen molar-refractivity contribution >= 4 is 23.8 Å². The Morgan fingerprint density at radius 2 is 1.20 bits per heavy atom. The third kappa shape index (κ3) is 10.1. The molecular weight excluding hydrogens is 626 g/mol. The SMILES string of the molecule is O=C(NCCOCCOCCNc1nc(NCCC(c2ccccc2)c2ccccc2)nc(N2CCc3ccccc3C2)n1)c1ccccc1. The molecule has 1 aliphatic rings. The predicted molar refractivity (Wildman–Crippen MR) is 198 cm³/mol. The van der Waals surface area contributed by atoms with Gasteiger partial charge in [-0.3, -0.25) is 4.79 Å². The number of aromatic nitrogens is 3. The molecule has 258 valence electrons. The molecule has 0 saturated heterocycles. The Morgan fingerprint density at radius 3 is 1.86 bits per heavy atom. The molecule has 10 nitrogen and oxygen atoms in total. The molecule has 0 fully saturated rings. The summed E-state index contributed by atoms with van der Waals surface area (Å²) in [5.41, 5.74) is 5.88. The van der Waals surface area contributed by atoms with Crippen molar-refractivity contribution in [3.05, 3.63) is 143 Å². The molecule has 0 spiro atoms. The Labute approximate surface area is 294 Å². The second kappa shape index (κ2) is 18.4. The highest BCUT2D eigenvalue weighted by Crippen LogP contribution is 2.28. The molecule has 0 saturated carbocycles. The lowest BCUT2D eigenvalue weighted by Crippen LogP contribution is -2.32. The lowest BCUT2D eigenvalue weighted by molar-refractivity contribution is 0.0519. The van der Waals surface area contributed by atoms with Gasteiger partial charge >= 0.3 is 0 Å². The number of carbonyl (C=O) groups excluding carboxylic acids is 1. The first-order valence-corrected chi connectivity index (χ1v) is 17.4. The highest BCUT2D eigenvalue weighted by molar-refractivity contribution is 5.94. The molecule has 0 radical (unpaired) electrons. The van der Waals surface area contributed by atoms with Crippen LogP contribution in [0.5, 0.6) is 0 Å². The van der Waals surface area contributed by atoms with Gasteiger partial charge in [0.05, 0.1) is 26.4 Å². The van der Waals surface area contributed by atoms with E-state index in [-0.39, 0.29) is 11.8 Å². The number of anilines is 3. The lowest BCUT2D eigenvalue weighted by atomic mass is 9.88. The zero-order valence-electron chi connectivity index (χ0n) is 28.3. The quantitative estimate of drug-likeness (QED) is 0.0974. The number of benzene rings is 4. The molecule has 4 aromatic carbocycles. The first kappa shape index (κ1) is 34.5. The van der Waals surface area contributed by atoms with E-state index in [1.807, 2.05) is 18.2 Å². The van der Waals surface area contributed by atoms with E-state index < -0.39 is 0 Å². The van der Waals surface area contributed by atoms with E-state index in [1.54, 1.807) is 12.1 Å². The number of nitrogens with one attached hydrogen (secondary N) is 3. The zero-order valence-corrected chi connectivity index (χ0v) is 28.3. The summed E-state index contributed by atoms with van der Waals surface area (Å²) in [6.45, 7) is 5.02. The van der Waals surface area contributed by atoms with Gasteiger partial charge in [0.2, 0.25) is 17.8 Å². The third-order valence-corrected chi connectivity index (χ3v) is 8.63. The molecule has 0 aliphatic carbocycles. The minimum atomic E-state index is -0.106. The summed E-state index contributed by atoms with van der Waals surface area (Å²) in [7, 11) is 0. The van der Waals surface area contributed by atoms with E-state index in [9.17, 15) is 4.79 Å². The Kier molecular flexibility index (Phi) is 12.7. The van der Waals surface area contributed by atoms with Gasteiger partial charge in [0.25, 0.3) is 5.91 Å². The molecule has 1 amide bonds. The first-order valence-electron chi connectivity index (χ1n) is 17.4. The number of ether oxygens (including phenoxy) is 2. The van der Waals surface area contributed by atoms with Gasteiger partial charge in [0.15, 0.2) is 0 Å². The van der Waals surface area contributed by atoms with E-state index in [4.69, 9.17) is 24.4 Å². The summed E-state index contributed by atoms with van der Waals surface area (Å²) in [5, 5.41) is 9.69. The van der Waals surface area contributed by atoms with Crippen molar-refractivity contribution in [2.75, 3.05) is 68.1 Å². The van der Waals surface area contributed by atoms with Crippen LogP contribution in [0.4, 0.5) is 17.8 Å². The predicted octanol–water partition coefficient (Wildman–Crippen LogP) is 5.94. The molecule has 6 rings (SSSR count). The summed E-state index contributed by atoms with van der Waals surface area (Å²) >= 11 is 0. The van der Waals surface area contributed by atoms with Crippen LogP contribution >= 0.6 is 0 Å². The number of hydrogen-bond donors (Lipinski definition) is 3. The highest BCUT2D eigenvalue weighted by Gasteiger charge is 2.20. The van der Waals surface area contributed by atoms with E-state index in [0.29, 0.717) is 69.5 Å². The summed E-state index contributed by atoms with van der Waals surface area (Å²) in [4.78, 5) is 28.7.